The first kappa shape index (κ1) is 25.9. The summed E-state index contributed by atoms with van der Waals surface area (Å²) in [6.45, 7) is 0.00407. The number of fused-ring (bicyclic) bond motifs is 1. The van der Waals surface area contributed by atoms with Crippen LogP contribution in [-0.2, 0) is 18.9 Å². The zero-order valence-electron chi connectivity index (χ0n) is 19.5. The van der Waals surface area contributed by atoms with Crippen LogP contribution >= 0.6 is 0 Å². The fraction of sp³-hybridized carbons (Fsp3) is 0.200. The average molecular weight is 522 g/mol. The standard InChI is InChI=1S/C25H20F6N4O2/c1-36-20-11-18-19(12-21(20)37-2)34-23(33-17-8-6-15(7-9-17)24(26,27)28)35-22(18)32-13-14-4-3-5-16(10-14)25(29,30)31/h3-12H,13H2,1-2H3,(H2,32,33,34,35). The Hall–Kier alpha value is -4.22. The van der Waals surface area contributed by atoms with Gasteiger partial charge in [-0.3, -0.25) is 0 Å². The molecular weight excluding hydrogens is 502 g/mol. The lowest BCUT2D eigenvalue weighted by Crippen LogP contribution is -2.09. The number of halogens is 6. The molecule has 0 saturated carbocycles. The minimum Gasteiger partial charge on any atom is -0.493 e. The van der Waals surface area contributed by atoms with E-state index in [1.54, 1.807) is 12.1 Å². The highest BCUT2D eigenvalue weighted by atomic mass is 19.4. The summed E-state index contributed by atoms with van der Waals surface area (Å²) in [5, 5.41) is 6.37. The first-order valence-electron chi connectivity index (χ1n) is 10.8. The molecule has 0 fully saturated rings. The summed E-state index contributed by atoms with van der Waals surface area (Å²) >= 11 is 0. The third kappa shape index (κ3) is 5.96. The van der Waals surface area contributed by atoms with Gasteiger partial charge in [-0.25, -0.2) is 4.98 Å². The van der Waals surface area contributed by atoms with Crippen molar-refractivity contribution in [2.45, 2.75) is 18.9 Å². The highest BCUT2D eigenvalue weighted by Gasteiger charge is 2.31. The quantitative estimate of drug-likeness (QED) is 0.254. The molecule has 3 aromatic carbocycles. The molecule has 194 valence electrons. The second-order valence-electron chi connectivity index (χ2n) is 7.87. The van der Waals surface area contributed by atoms with Crippen LogP contribution in [0.3, 0.4) is 0 Å². The van der Waals surface area contributed by atoms with Crippen LogP contribution in [0.15, 0.2) is 60.7 Å². The monoisotopic (exact) mass is 522 g/mol. The van der Waals surface area contributed by atoms with E-state index in [2.05, 4.69) is 20.6 Å². The second kappa shape index (κ2) is 10.0. The molecule has 1 aromatic heterocycles. The summed E-state index contributed by atoms with van der Waals surface area (Å²) in [6, 6.07) is 12.4. The Morgan fingerprint density at radius 1 is 0.757 bits per heavy atom. The predicted octanol–water partition coefficient (Wildman–Crippen LogP) is 7.04. The maximum Gasteiger partial charge on any atom is 0.416 e. The summed E-state index contributed by atoms with van der Waals surface area (Å²) in [7, 11) is 2.89. The Morgan fingerprint density at radius 2 is 1.41 bits per heavy atom. The molecule has 2 N–H and O–H groups in total. The number of rotatable bonds is 7. The van der Waals surface area contributed by atoms with Crippen molar-refractivity contribution >= 4 is 28.4 Å². The van der Waals surface area contributed by atoms with Gasteiger partial charge in [-0.1, -0.05) is 12.1 Å². The molecule has 0 atom stereocenters. The van der Waals surface area contributed by atoms with Crippen molar-refractivity contribution < 1.29 is 35.8 Å². The molecule has 0 spiro atoms. The van der Waals surface area contributed by atoms with E-state index < -0.39 is 23.5 Å². The lowest BCUT2D eigenvalue weighted by molar-refractivity contribution is -0.138. The van der Waals surface area contributed by atoms with Crippen molar-refractivity contribution in [3.8, 4) is 11.5 Å². The molecule has 1 heterocycles. The summed E-state index contributed by atoms with van der Waals surface area (Å²) < 4.78 is 88.6. The molecule has 0 unspecified atom stereocenters. The van der Waals surface area contributed by atoms with E-state index in [0.717, 1.165) is 24.3 Å². The number of anilines is 3. The molecule has 37 heavy (non-hydrogen) atoms. The molecule has 4 rings (SSSR count). The van der Waals surface area contributed by atoms with E-state index in [4.69, 9.17) is 9.47 Å². The molecule has 12 heteroatoms. The SMILES string of the molecule is COc1cc2nc(Nc3ccc(C(F)(F)F)cc3)nc(NCc3cccc(C(F)(F)F)c3)c2cc1OC. The molecular formula is C25H20F6N4O2. The van der Waals surface area contributed by atoms with Crippen LogP contribution in [0, 0.1) is 0 Å². The van der Waals surface area contributed by atoms with Crippen molar-refractivity contribution in [2.24, 2.45) is 0 Å². The predicted molar refractivity (Wildman–Crippen MR) is 126 cm³/mol. The number of nitrogens with zero attached hydrogens (tertiary/aromatic N) is 2. The summed E-state index contributed by atoms with van der Waals surface area (Å²) in [6.07, 6.45) is -8.96. The fourth-order valence-corrected chi connectivity index (χ4v) is 3.56. The molecule has 0 saturated heterocycles. The van der Waals surface area contributed by atoms with E-state index >= 15 is 0 Å². The molecule has 0 aliphatic rings. The third-order valence-corrected chi connectivity index (χ3v) is 5.38. The number of alkyl halides is 6. The smallest absolute Gasteiger partial charge is 0.416 e. The average Bonchev–Trinajstić information content (AvgIpc) is 2.86. The van der Waals surface area contributed by atoms with Gasteiger partial charge in [-0.15, -0.1) is 0 Å². The van der Waals surface area contributed by atoms with E-state index in [0.29, 0.717) is 33.7 Å². The van der Waals surface area contributed by atoms with Crippen LogP contribution < -0.4 is 20.1 Å². The maximum atomic E-state index is 13.1. The Kier molecular flexibility index (Phi) is 7.01. The van der Waals surface area contributed by atoms with Gasteiger partial charge in [-0.05, 0) is 48.0 Å². The molecule has 6 nitrogen and oxygen atoms in total. The van der Waals surface area contributed by atoms with Gasteiger partial charge in [0.15, 0.2) is 11.5 Å². The van der Waals surface area contributed by atoms with Gasteiger partial charge < -0.3 is 20.1 Å². The van der Waals surface area contributed by atoms with Gasteiger partial charge in [0.2, 0.25) is 5.95 Å². The normalized spacial score (nSPS) is 11.9. The maximum absolute atomic E-state index is 13.1. The highest BCUT2D eigenvalue weighted by molar-refractivity contribution is 5.93. The minimum atomic E-state index is -4.49. The lowest BCUT2D eigenvalue weighted by atomic mass is 10.1. The molecule has 4 aromatic rings. The number of hydrogen-bond donors (Lipinski definition) is 2. The van der Waals surface area contributed by atoms with Crippen LogP contribution in [0.25, 0.3) is 10.9 Å². The van der Waals surface area contributed by atoms with Crippen molar-refractivity contribution in [1.29, 1.82) is 0 Å². The van der Waals surface area contributed by atoms with Gasteiger partial charge in [-0.2, -0.15) is 31.3 Å². The molecule has 0 amide bonds. The summed E-state index contributed by atoms with van der Waals surface area (Å²) in [5.74, 6) is 1.06. The van der Waals surface area contributed by atoms with Crippen LogP contribution in [0.2, 0.25) is 0 Å². The van der Waals surface area contributed by atoms with Gasteiger partial charge in [0, 0.05) is 23.7 Å². The highest BCUT2D eigenvalue weighted by Crippen LogP contribution is 2.36. The van der Waals surface area contributed by atoms with Crippen LogP contribution in [0.5, 0.6) is 11.5 Å². The third-order valence-electron chi connectivity index (χ3n) is 5.38. The van der Waals surface area contributed by atoms with Crippen LogP contribution in [0.4, 0.5) is 43.8 Å². The lowest BCUT2D eigenvalue weighted by Gasteiger charge is -2.15. The zero-order chi connectivity index (χ0) is 26.8. The number of hydrogen-bond acceptors (Lipinski definition) is 6. The molecule has 0 aliphatic carbocycles. The largest absolute Gasteiger partial charge is 0.493 e. The number of aromatic nitrogens is 2. The van der Waals surface area contributed by atoms with Crippen LogP contribution in [-0.4, -0.2) is 24.2 Å². The first-order chi connectivity index (χ1) is 17.5. The number of methoxy groups -OCH3 is 2. The number of nitrogens with one attached hydrogen (secondary N) is 2. The minimum absolute atomic E-state index is 0.00407. The zero-order valence-corrected chi connectivity index (χ0v) is 19.5. The summed E-state index contributed by atoms with van der Waals surface area (Å²) in [5.41, 5.74) is -0.530. The van der Waals surface area contributed by atoms with Crippen LogP contribution in [0.1, 0.15) is 16.7 Å². The Bertz CT molecular complexity index is 1410. The van der Waals surface area contributed by atoms with E-state index in [1.165, 1.54) is 38.5 Å². The van der Waals surface area contributed by atoms with E-state index in [1.807, 2.05) is 0 Å². The second-order valence-corrected chi connectivity index (χ2v) is 7.87. The number of benzene rings is 3. The molecule has 0 aliphatic heterocycles. The summed E-state index contributed by atoms with van der Waals surface area (Å²) in [4.78, 5) is 8.83. The topological polar surface area (TPSA) is 68.3 Å². The Balaban J connectivity index is 1.70. The van der Waals surface area contributed by atoms with Crippen molar-refractivity contribution in [3.63, 3.8) is 0 Å². The molecule has 0 radical (unpaired) electrons. The van der Waals surface area contributed by atoms with Crippen molar-refractivity contribution in [2.75, 3.05) is 24.9 Å². The Morgan fingerprint density at radius 3 is 2.03 bits per heavy atom. The van der Waals surface area contributed by atoms with Gasteiger partial charge in [0.05, 0.1) is 30.9 Å². The first-order valence-corrected chi connectivity index (χ1v) is 10.8. The van der Waals surface area contributed by atoms with Gasteiger partial charge >= 0.3 is 12.4 Å². The van der Waals surface area contributed by atoms with Gasteiger partial charge in [0.1, 0.15) is 5.82 Å². The van der Waals surface area contributed by atoms with E-state index in [-0.39, 0.29) is 18.3 Å². The fourth-order valence-electron chi connectivity index (χ4n) is 3.56. The van der Waals surface area contributed by atoms with Crippen molar-refractivity contribution in [3.05, 3.63) is 77.4 Å². The number of ether oxygens (including phenoxy) is 2. The van der Waals surface area contributed by atoms with E-state index in [9.17, 15) is 26.3 Å². The Labute approximate surface area is 207 Å². The van der Waals surface area contributed by atoms with Crippen molar-refractivity contribution in [1.82, 2.24) is 9.97 Å². The molecule has 0 bridgehead atoms. The van der Waals surface area contributed by atoms with Gasteiger partial charge in [0.25, 0.3) is 0 Å².